The van der Waals surface area contributed by atoms with Gasteiger partial charge in [0.05, 0.1) is 0 Å². The third-order valence-electron chi connectivity index (χ3n) is 3.96. The maximum Gasteiger partial charge on any atom is 0.119 e. The summed E-state index contributed by atoms with van der Waals surface area (Å²) in [5.41, 5.74) is 1.15. The first-order valence-corrected chi connectivity index (χ1v) is 6.84. The van der Waals surface area contributed by atoms with Gasteiger partial charge in [-0.2, -0.15) is 0 Å². The molecule has 0 N–H and O–H groups in total. The fraction of sp³-hybridized carbons (Fsp3) is 0.769. The molecule has 3 heterocycles. The molecule has 4 heteroatoms. The highest BCUT2D eigenvalue weighted by molar-refractivity contribution is 5.59. The molecule has 0 bridgehead atoms. The molecule has 17 heavy (non-hydrogen) atoms. The molecule has 94 valence electrons. The number of aliphatic imine (C=N–C) groups is 1. The Kier molecular flexibility index (Phi) is 3.16. The Hall–Kier alpha value is -0.870. The molecule has 3 aliphatic heterocycles. The van der Waals surface area contributed by atoms with E-state index in [1.54, 1.807) is 0 Å². The molecule has 3 rings (SSSR count). The topological polar surface area (TPSA) is 22.1 Å². The van der Waals surface area contributed by atoms with Crippen molar-refractivity contribution in [2.75, 3.05) is 26.2 Å². The van der Waals surface area contributed by atoms with Crippen LogP contribution in [-0.2, 0) is 0 Å². The Bertz CT molecular complexity index is 324. The fourth-order valence-electron chi connectivity index (χ4n) is 3.00. The van der Waals surface area contributed by atoms with Crippen LogP contribution in [0.15, 0.2) is 16.8 Å². The van der Waals surface area contributed by atoms with Gasteiger partial charge in [-0.05, 0) is 38.7 Å². The average Bonchev–Trinajstić information content (AvgIpc) is 3.02. The molecule has 0 saturated carbocycles. The lowest BCUT2D eigenvalue weighted by atomic mass is 10.3. The molecule has 0 aliphatic carbocycles. The molecule has 0 aromatic carbocycles. The Balaban J connectivity index is 1.77. The second kappa shape index (κ2) is 4.78. The number of allylic oxidation sites excluding steroid dienone is 1. The number of hydrogen-bond acceptors (Lipinski definition) is 4. The van der Waals surface area contributed by atoms with E-state index >= 15 is 0 Å². The number of hydrogen-bond donors (Lipinski definition) is 0. The number of hydrazine groups is 1. The molecule has 0 radical (unpaired) electrons. The number of nitrogens with zero attached hydrogens (tertiary/aromatic N) is 4. The molecular weight excluding hydrogens is 212 g/mol. The van der Waals surface area contributed by atoms with Crippen molar-refractivity contribution in [2.45, 2.75) is 38.8 Å². The van der Waals surface area contributed by atoms with Gasteiger partial charge < -0.3 is 0 Å². The van der Waals surface area contributed by atoms with Crippen LogP contribution in [0.3, 0.4) is 0 Å². The highest BCUT2D eigenvalue weighted by atomic mass is 15.7. The Morgan fingerprint density at radius 1 is 1.06 bits per heavy atom. The van der Waals surface area contributed by atoms with E-state index in [2.05, 4.69) is 32.9 Å². The molecule has 4 nitrogen and oxygen atoms in total. The second-order valence-corrected chi connectivity index (χ2v) is 5.25. The van der Waals surface area contributed by atoms with E-state index in [0.717, 1.165) is 5.70 Å². The van der Waals surface area contributed by atoms with Gasteiger partial charge in [0.15, 0.2) is 0 Å². The van der Waals surface area contributed by atoms with Crippen molar-refractivity contribution >= 4 is 6.34 Å². The average molecular weight is 234 g/mol. The summed E-state index contributed by atoms with van der Waals surface area (Å²) in [5, 5.41) is 4.81. The Labute approximate surface area is 104 Å². The highest BCUT2D eigenvalue weighted by Crippen LogP contribution is 2.23. The lowest BCUT2D eigenvalue weighted by molar-refractivity contribution is -0.00918. The van der Waals surface area contributed by atoms with Gasteiger partial charge in [0.25, 0.3) is 0 Å². The molecule has 0 aromatic rings. The van der Waals surface area contributed by atoms with Gasteiger partial charge in [-0.3, -0.25) is 9.91 Å². The minimum absolute atomic E-state index is 0.410. The Morgan fingerprint density at radius 2 is 1.71 bits per heavy atom. The van der Waals surface area contributed by atoms with Crippen molar-refractivity contribution in [1.82, 2.24) is 14.9 Å². The molecule has 0 amide bonds. The van der Waals surface area contributed by atoms with Gasteiger partial charge in [0, 0.05) is 31.9 Å². The van der Waals surface area contributed by atoms with Gasteiger partial charge in [-0.15, -0.1) is 0 Å². The summed E-state index contributed by atoms with van der Waals surface area (Å²) in [4.78, 5) is 7.05. The number of likely N-dealkylation sites (tertiary alicyclic amines) is 1. The van der Waals surface area contributed by atoms with E-state index in [1.807, 2.05) is 6.34 Å². The lowest BCUT2D eigenvalue weighted by Crippen LogP contribution is -2.54. The van der Waals surface area contributed by atoms with E-state index < -0.39 is 0 Å². The van der Waals surface area contributed by atoms with Gasteiger partial charge in [0.1, 0.15) is 12.5 Å². The summed E-state index contributed by atoms with van der Waals surface area (Å²) in [5.74, 6) is 0. The SMILES string of the molecule is CC1=CC(N2CCCC2)N(N2CCCC2)C=N1. The summed E-state index contributed by atoms with van der Waals surface area (Å²) in [6.45, 7) is 6.92. The molecule has 0 aromatic heterocycles. The Morgan fingerprint density at radius 3 is 2.41 bits per heavy atom. The first kappa shape index (κ1) is 11.2. The van der Waals surface area contributed by atoms with Crippen molar-refractivity contribution in [2.24, 2.45) is 4.99 Å². The van der Waals surface area contributed by atoms with E-state index in [0.29, 0.717) is 6.17 Å². The molecule has 0 spiro atoms. The normalized spacial score (nSPS) is 31.2. The molecular formula is C13H22N4. The van der Waals surface area contributed by atoms with Gasteiger partial charge >= 0.3 is 0 Å². The van der Waals surface area contributed by atoms with E-state index in [1.165, 1.54) is 51.9 Å². The summed E-state index contributed by atoms with van der Waals surface area (Å²) in [6.07, 6.45) is 10.1. The van der Waals surface area contributed by atoms with Crippen molar-refractivity contribution < 1.29 is 0 Å². The van der Waals surface area contributed by atoms with E-state index in [9.17, 15) is 0 Å². The largest absolute Gasteiger partial charge is 0.279 e. The maximum absolute atomic E-state index is 4.47. The summed E-state index contributed by atoms with van der Waals surface area (Å²) >= 11 is 0. The van der Waals surface area contributed by atoms with Crippen molar-refractivity contribution in [3.8, 4) is 0 Å². The summed E-state index contributed by atoms with van der Waals surface area (Å²) < 4.78 is 0. The minimum Gasteiger partial charge on any atom is -0.279 e. The van der Waals surface area contributed by atoms with Crippen molar-refractivity contribution in [3.63, 3.8) is 0 Å². The van der Waals surface area contributed by atoms with Crippen LogP contribution in [0.4, 0.5) is 0 Å². The van der Waals surface area contributed by atoms with Crippen molar-refractivity contribution in [3.05, 3.63) is 11.8 Å². The fourth-order valence-corrected chi connectivity index (χ4v) is 3.00. The zero-order valence-corrected chi connectivity index (χ0v) is 10.7. The van der Waals surface area contributed by atoms with Crippen LogP contribution in [-0.4, -0.2) is 53.6 Å². The highest BCUT2D eigenvalue weighted by Gasteiger charge is 2.31. The van der Waals surface area contributed by atoms with Gasteiger partial charge in [-0.1, -0.05) is 0 Å². The quantitative estimate of drug-likeness (QED) is 0.725. The summed E-state index contributed by atoms with van der Waals surface area (Å²) in [6, 6.07) is 0. The third-order valence-corrected chi connectivity index (χ3v) is 3.96. The predicted octanol–water partition coefficient (Wildman–Crippen LogP) is 1.67. The third kappa shape index (κ3) is 2.24. The first-order chi connectivity index (χ1) is 8.34. The summed E-state index contributed by atoms with van der Waals surface area (Å²) in [7, 11) is 0. The van der Waals surface area contributed by atoms with E-state index in [4.69, 9.17) is 0 Å². The zero-order valence-electron chi connectivity index (χ0n) is 10.7. The number of rotatable bonds is 2. The van der Waals surface area contributed by atoms with E-state index in [-0.39, 0.29) is 0 Å². The molecule has 1 unspecified atom stereocenters. The van der Waals surface area contributed by atoms with Crippen molar-refractivity contribution in [1.29, 1.82) is 0 Å². The molecule has 2 fully saturated rings. The van der Waals surface area contributed by atoms with Crippen LogP contribution in [0, 0.1) is 0 Å². The zero-order chi connectivity index (χ0) is 11.7. The van der Waals surface area contributed by atoms with Crippen LogP contribution in [0.1, 0.15) is 32.6 Å². The van der Waals surface area contributed by atoms with Crippen LogP contribution >= 0.6 is 0 Å². The lowest BCUT2D eigenvalue weighted by Gasteiger charge is -2.41. The van der Waals surface area contributed by atoms with Gasteiger partial charge in [0.2, 0.25) is 0 Å². The molecule has 2 saturated heterocycles. The molecule has 3 aliphatic rings. The van der Waals surface area contributed by atoms with Crippen LogP contribution in [0.5, 0.6) is 0 Å². The second-order valence-electron chi connectivity index (χ2n) is 5.25. The predicted molar refractivity (Wildman–Crippen MR) is 69.5 cm³/mol. The molecule has 1 atom stereocenters. The van der Waals surface area contributed by atoms with Crippen LogP contribution in [0.25, 0.3) is 0 Å². The standard InChI is InChI=1S/C13H22N4/c1-12-10-13(15-6-2-3-7-15)17(11-14-12)16-8-4-5-9-16/h10-11,13H,2-9H2,1H3. The first-order valence-electron chi connectivity index (χ1n) is 6.84. The van der Waals surface area contributed by atoms with Crippen LogP contribution in [0.2, 0.25) is 0 Å². The van der Waals surface area contributed by atoms with Crippen LogP contribution < -0.4 is 0 Å². The van der Waals surface area contributed by atoms with Gasteiger partial charge in [-0.25, -0.2) is 10.0 Å². The minimum atomic E-state index is 0.410. The smallest absolute Gasteiger partial charge is 0.119 e. The maximum atomic E-state index is 4.47. The monoisotopic (exact) mass is 234 g/mol.